The van der Waals surface area contributed by atoms with Gasteiger partial charge in [0.2, 0.25) is 0 Å². The molecule has 10 nitrogen and oxygen atoms in total. The Kier molecular flexibility index (Phi) is 8.87. The molecule has 1 aliphatic rings. The number of aromatic nitrogens is 2. The van der Waals surface area contributed by atoms with Gasteiger partial charge in [-0.05, 0) is 39.3 Å². The Morgan fingerprint density at radius 1 is 1.17 bits per heavy atom. The van der Waals surface area contributed by atoms with Crippen LogP contribution in [0.2, 0.25) is 10.0 Å². The first kappa shape index (κ1) is 26.7. The van der Waals surface area contributed by atoms with Gasteiger partial charge >= 0.3 is 6.03 Å². The Labute approximate surface area is 214 Å². The molecule has 0 aliphatic heterocycles. The Balaban J connectivity index is 1.77. The SMILES string of the molecule is COc1cc(OC)c(Cl)c(NC(=O)N(C)c2cc(N=C3CCC(CN(C)C)CC3=N)ncn2)c1Cl. The Morgan fingerprint density at radius 3 is 2.40 bits per heavy atom. The summed E-state index contributed by atoms with van der Waals surface area (Å²) in [5, 5.41) is 11.4. The molecule has 35 heavy (non-hydrogen) atoms. The maximum atomic E-state index is 13.0. The molecule has 1 aromatic heterocycles. The van der Waals surface area contributed by atoms with Gasteiger partial charge in [0, 0.05) is 25.7 Å². The van der Waals surface area contributed by atoms with Crippen molar-refractivity contribution >= 4 is 58.0 Å². The summed E-state index contributed by atoms with van der Waals surface area (Å²) >= 11 is 12.7. The second-order valence-corrected chi connectivity index (χ2v) is 9.17. The smallest absolute Gasteiger partial charge is 0.327 e. The zero-order chi connectivity index (χ0) is 25.7. The van der Waals surface area contributed by atoms with E-state index >= 15 is 0 Å². The van der Waals surface area contributed by atoms with Crippen LogP contribution in [0, 0.1) is 11.3 Å². The van der Waals surface area contributed by atoms with E-state index in [2.05, 4.69) is 25.2 Å². The highest BCUT2D eigenvalue weighted by atomic mass is 35.5. The van der Waals surface area contributed by atoms with E-state index < -0.39 is 6.03 Å². The Bertz CT molecular complexity index is 1110. The van der Waals surface area contributed by atoms with Gasteiger partial charge in [-0.3, -0.25) is 4.90 Å². The highest BCUT2D eigenvalue weighted by Crippen LogP contribution is 2.44. The van der Waals surface area contributed by atoms with Crippen molar-refractivity contribution in [2.45, 2.75) is 19.3 Å². The van der Waals surface area contributed by atoms with Gasteiger partial charge in [-0.15, -0.1) is 0 Å². The number of carbonyl (C=O) groups is 1. The van der Waals surface area contributed by atoms with Gasteiger partial charge in [-0.1, -0.05) is 23.2 Å². The number of nitrogens with one attached hydrogen (secondary N) is 2. The molecule has 0 radical (unpaired) electrons. The lowest BCUT2D eigenvalue weighted by molar-refractivity contribution is 0.258. The molecule has 0 bridgehead atoms. The summed E-state index contributed by atoms with van der Waals surface area (Å²) in [6, 6.07) is 2.57. The number of urea groups is 1. The molecule has 0 spiro atoms. The molecule has 0 saturated heterocycles. The van der Waals surface area contributed by atoms with Crippen molar-refractivity contribution in [3.05, 3.63) is 28.5 Å². The number of ether oxygens (including phenoxy) is 2. The third-order valence-corrected chi connectivity index (χ3v) is 6.35. The fourth-order valence-corrected chi connectivity index (χ4v) is 4.40. The van der Waals surface area contributed by atoms with Crippen molar-refractivity contribution in [1.82, 2.24) is 14.9 Å². The second-order valence-electron chi connectivity index (χ2n) is 8.42. The lowest BCUT2D eigenvalue weighted by Gasteiger charge is -2.26. The molecule has 1 fully saturated rings. The van der Waals surface area contributed by atoms with Crippen molar-refractivity contribution in [2.24, 2.45) is 10.9 Å². The van der Waals surface area contributed by atoms with Crippen LogP contribution in [-0.4, -0.2) is 74.2 Å². The van der Waals surface area contributed by atoms with Crippen molar-refractivity contribution < 1.29 is 14.3 Å². The van der Waals surface area contributed by atoms with E-state index in [1.807, 2.05) is 14.1 Å². The summed E-state index contributed by atoms with van der Waals surface area (Å²) < 4.78 is 10.5. The number of benzene rings is 1. The molecule has 2 aromatic rings. The number of amides is 2. The first-order valence-corrected chi connectivity index (χ1v) is 11.7. The predicted octanol–water partition coefficient (Wildman–Crippen LogP) is 4.92. The monoisotopic (exact) mass is 521 g/mol. The Morgan fingerprint density at radius 2 is 1.83 bits per heavy atom. The molecule has 3 rings (SSSR count). The van der Waals surface area contributed by atoms with E-state index in [0.29, 0.717) is 53.3 Å². The van der Waals surface area contributed by atoms with Crippen LogP contribution in [0.5, 0.6) is 11.5 Å². The molecule has 12 heteroatoms. The quantitative estimate of drug-likeness (QED) is 0.533. The second kappa shape index (κ2) is 11.7. The van der Waals surface area contributed by atoms with Gasteiger partial charge in [0.15, 0.2) is 5.82 Å². The summed E-state index contributed by atoms with van der Waals surface area (Å²) in [5.74, 6) is 1.73. The third kappa shape index (κ3) is 6.39. The van der Waals surface area contributed by atoms with E-state index in [9.17, 15) is 4.79 Å². The summed E-state index contributed by atoms with van der Waals surface area (Å²) in [6.07, 6.45) is 3.68. The van der Waals surface area contributed by atoms with Gasteiger partial charge in [0.25, 0.3) is 0 Å². The highest BCUT2D eigenvalue weighted by molar-refractivity contribution is 6.42. The summed E-state index contributed by atoms with van der Waals surface area (Å²) in [4.78, 5) is 29.3. The number of hydrogen-bond donors (Lipinski definition) is 2. The fourth-order valence-electron chi connectivity index (χ4n) is 3.81. The number of rotatable bonds is 7. The lowest BCUT2D eigenvalue weighted by Crippen LogP contribution is -2.32. The van der Waals surface area contributed by atoms with Crippen LogP contribution in [-0.2, 0) is 0 Å². The topological polar surface area (TPSA) is 116 Å². The third-order valence-electron chi connectivity index (χ3n) is 5.60. The molecule has 1 saturated carbocycles. The first-order valence-electron chi connectivity index (χ1n) is 10.9. The molecule has 2 N–H and O–H groups in total. The largest absolute Gasteiger partial charge is 0.495 e. The van der Waals surface area contributed by atoms with E-state index in [1.54, 1.807) is 13.1 Å². The van der Waals surface area contributed by atoms with Crippen molar-refractivity contribution in [1.29, 1.82) is 5.41 Å². The van der Waals surface area contributed by atoms with Crippen molar-refractivity contribution in [3.63, 3.8) is 0 Å². The number of aliphatic imine (C=N–C) groups is 1. The van der Waals surface area contributed by atoms with E-state index in [1.165, 1.54) is 31.5 Å². The van der Waals surface area contributed by atoms with Crippen LogP contribution < -0.4 is 19.7 Å². The molecule has 188 valence electrons. The number of carbonyl (C=O) groups excluding carboxylic acids is 1. The van der Waals surface area contributed by atoms with Crippen molar-refractivity contribution in [3.8, 4) is 11.5 Å². The van der Waals surface area contributed by atoms with Gasteiger partial charge in [0.1, 0.15) is 33.7 Å². The fraction of sp³-hybridized carbons (Fsp3) is 0.435. The summed E-state index contributed by atoms with van der Waals surface area (Å²) in [5.41, 5.74) is 1.38. The maximum absolute atomic E-state index is 13.0. The molecule has 1 aliphatic carbocycles. The maximum Gasteiger partial charge on any atom is 0.327 e. The number of halogens is 2. The zero-order valence-corrected chi connectivity index (χ0v) is 21.9. The minimum absolute atomic E-state index is 0.137. The summed E-state index contributed by atoms with van der Waals surface area (Å²) in [6.45, 7) is 0.945. The van der Waals surface area contributed by atoms with Crippen LogP contribution in [0.3, 0.4) is 0 Å². The standard InChI is InChI=1S/C23H29Cl2N7O3/c1-31(2)11-13-6-7-15(14(26)8-13)29-18-10-19(28-12-27-18)32(3)23(33)30-22-20(24)16(34-4)9-17(35-5)21(22)25/h9-10,12-13,26H,6-8,11H2,1-5H3,(H,30,33). The minimum atomic E-state index is -0.543. The molecule has 2 amide bonds. The minimum Gasteiger partial charge on any atom is -0.495 e. The van der Waals surface area contributed by atoms with Crippen LogP contribution in [0.1, 0.15) is 19.3 Å². The Hall–Kier alpha value is -2.95. The van der Waals surface area contributed by atoms with Crippen LogP contribution >= 0.6 is 23.2 Å². The number of hydrogen-bond acceptors (Lipinski definition) is 8. The van der Waals surface area contributed by atoms with Crippen molar-refractivity contribution in [2.75, 3.05) is 52.1 Å². The normalized spacial score (nSPS) is 17.0. The highest BCUT2D eigenvalue weighted by Gasteiger charge is 2.24. The molecular formula is C23H29Cl2N7O3. The number of anilines is 2. The molecule has 1 heterocycles. The van der Waals surface area contributed by atoms with Gasteiger partial charge in [-0.25, -0.2) is 19.8 Å². The van der Waals surface area contributed by atoms with E-state index in [-0.39, 0.29) is 15.7 Å². The van der Waals surface area contributed by atoms with Crippen LogP contribution in [0.25, 0.3) is 0 Å². The predicted molar refractivity (Wildman–Crippen MR) is 140 cm³/mol. The van der Waals surface area contributed by atoms with Crippen LogP contribution in [0.4, 0.5) is 22.1 Å². The first-order chi connectivity index (χ1) is 16.6. The number of nitrogens with zero attached hydrogens (tertiary/aromatic N) is 5. The average Bonchev–Trinajstić information content (AvgIpc) is 2.83. The zero-order valence-electron chi connectivity index (χ0n) is 20.4. The lowest BCUT2D eigenvalue weighted by atomic mass is 9.86. The molecule has 1 unspecified atom stereocenters. The summed E-state index contributed by atoms with van der Waals surface area (Å²) in [7, 11) is 8.52. The van der Waals surface area contributed by atoms with Gasteiger partial charge in [-0.2, -0.15) is 0 Å². The van der Waals surface area contributed by atoms with E-state index in [4.69, 9.17) is 38.1 Å². The van der Waals surface area contributed by atoms with E-state index in [0.717, 1.165) is 13.0 Å². The number of methoxy groups -OCH3 is 2. The van der Waals surface area contributed by atoms with Gasteiger partial charge in [0.05, 0.1) is 31.3 Å². The molecule has 1 atom stereocenters. The van der Waals surface area contributed by atoms with Gasteiger partial charge < -0.3 is 25.1 Å². The molecule has 1 aromatic carbocycles. The van der Waals surface area contributed by atoms with Crippen LogP contribution in [0.15, 0.2) is 23.5 Å². The average molecular weight is 522 g/mol. The molecular weight excluding hydrogens is 493 g/mol.